The summed E-state index contributed by atoms with van der Waals surface area (Å²) < 4.78 is 5.25. The topological polar surface area (TPSA) is 75.7 Å². The third kappa shape index (κ3) is 7.00. The second kappa shape index (κ2) is 11.9. The van der Waals surface area contributed by atoms with Crippen molar-refractivity contribution in [2.24, 2.45) is 0 Å². The van der Waals surface area contributed by atoms with Crippen molar-refractivity contribution < 1.29 is 19.1 Å². The van der Waals surface area contributed by atoms with Gasteiger partial charge in [0.15, 0.2) is 5.78 Å². The lowest BCUT2D eigenvalue weighted by Crippen LogP contribution is -2.36. The Morgan fingerprint density at radius 1 is 1.00 bits per heavy atom. The average Bonchev–Trinajstić information content (AvgIpc) is 3.49. The number of hydrogen-bond donors (Lipinski definition) is 1. The normalized spacial score (nSPS) is 14.8. The van der Waals surface area contributed by atoms with Gasteiger partial charge in [0.25, 0.3) is 0 Å². The number of likely N-dealkylation sites (tertiary alicyclic amines) is 1. The van der Waals surface area contributed by atoms with Crippen molar-refractivity contribution >= 4 is 28.8 Å². The fourth-order valence-corrected chi connectivity index (χ4v) is 4.81. The third-order valence-corrected chi connectivity index (χ3v) is 6.89. The highest BCUT2D eigenvalue weighted by molar-refractivity contribution is 7.14. The lowest BCUT2D eigenvalue weighted by Gasteiger charge is -2.28. The van der Waals surface area contributed by atoms with E-state index in [1.54, 1.807) is 13.2 Å². The Morgan fingerprint density at radius 2 is 1.69 bits per heavy atom. The molecule has 6 nitrogen and oxygen atoms in total. The van der Waals surface area contributed by atoms with Crippen LogP contribution in [0.3, 0.4) is 0 Å². The minimum absolute atomic E-state index is 0.00570. The average molecular weight is 457 g/mol. The summed E-state index contributed by atoms with van der Waals surface area (Å²) >= 11 is 1.45. The van der Waals surface area contributed by atoms with Gasteiger partial charge in [-0.25, -0.2) is 0 Å². The van der Waals surface area contributed by atoms with Gasteiger partial charge < -0.3 is 10.1 Å². The number of benzene rings is 1. The molecular weight excluding hydrogens is 424 g/mol. The molecule has 2 heterocycles. The molecule has 1 aliphatic rings. The molecule has 2 aromatic rings. The van der Waals surface area contributed by atoms with Crippen molar-refractivity contribution in [3.63, 3.8) is 0 Å². The fourth-order valence-electron chi connectivity index (χ4n) is 3.97. The highest BCUT2D eigenvalue weighted by Crippen LogP contribution is 2.26. The van der Waals surface area contributed by atoms with Crippen LogP contribution in [0.15, 0.2) is 36.4 Å². The van der Waals surface area contributed by atoms with Gasteiger partial charge in [-0.3, -0.25) is 19.3 Å². The van der Waals surface area contributed by atoms with Crippen LogP contribution in [-0.4, -0.2) is 49.1 Å². The lowest BCUT2D eigenvalue weighted by molar-refractivity contribution is -0.125. The highest BCUT2D eigenvalue weighted by Gasteiger charge is 2.24. The van der Waals surface area contributed by atoms with Gasteiger partial charge in [-0.2, -0.15) is 0 Å². The molecule has 0 saturated carbocycles. The molecule has 1 aliphatic heterocycles. The van der Waals surface area contributed by atoms with Crippen molar-refractivity contribution in [1.82, 2.24) is 10.2 Å². The number of thiophene rings is 1. The Bertz CT molecular complexity index is 916. The molecule has 7 heteroatoms. The summed E-state index contributed by atoms with van der Waals surface area (Å²) in [7, 11) is 1.65. The Kier molecular flexibility index (Phi) is 9.00. The summed E-state index contributed by atoms with van der Waals surface area (Å²) in [5, 5.41) is 3.01. The highest BCUT2D eigenvalue weighted by atomic mass is 32.1. The molecule has 1 aromatic heterocycles. The summed E-state index contributed by atoms with van der Waals surface area (Å²) in [6.07, 6.45) is 3.04. The van der Waals surface area contributed by atoms with Crippen LogP contribution in [0.5, 0.6) is 5.75 Å². The summed E-state index contributed by atoms with van der Waals surface area (Å²) in [4.78, 5) is 40.9. The predicted molar refractivity (Wildman–Crippen MR) is 126 cm³/mol. The zero-order valence-corrected chi connectivity index (χ0v) is 19.7. The number of Topliss-reactive ketones (excluding diaryl/α,β-unsaturated/α-hetero) is 2. The van der Waals surface area contributed by atoms with Crippen LogP contribution in [0.1, 0.15) is 64.7 Å². The predicted octanol–water partition coefficient (Wildman–Crippen LogP) is 4.33. The van der Waals surface area contributed by atoms with E-state index in [9.17, 15) is 14.4 Å². The molecule has 0 spiro atoms. The second-order valence-corrected chi connectivity index (χ2v) is 9.50. The molecule has 172 valence electrons. The largest absolute Gasteiger partial charge is 0.497 e. The molecule has 1 aromatic carbocycles. The first-order chi connectivity index (χ1) is 15.5. The molecule has 3 rings (SSSR count). The number of nitrogens with zero attached hydrogens (tertiary/aromatic N) is 1. The monoisotopic (exact) mass is 456 g/mol. The number of rotatable bonds is 12. The number of hydrogen-bond acceptors (Lipinski definition) is 6. The summed E-state index contributed by atoms with van der Waals surface area (Å²) in [6.45, 7) is 4.50. The summed E-state index contributed by atoms with van der Waals surface area (Å²) in [5.74, 6) is 0.627. The summed E-state index contributed by atoms with van der Waals surface area (Å²) in [5.41, 5.74) is 1.14. The maximum Gasteiger partial charge on any atom is 0.220 e. The zero-order valence-electron chi connectivity index (χ0n) is 18.9. The van der Waals surface area contributed by atoms with E-state index >= 15 is 0 Å². The van der Waals surface area contributed by atoms with Crippen LogP contribution in [0, 0.1) is 6.92 Å². The second-order valence-electron chi connectivity index (χ2n) is 8.21. The maximum absolute atomic E-state index is 12.4. The lowest BCUT2D eigenvalue weighted by atomic mass is 10.0. The number of aryl methyl sites for hydroxylation is 1. The Hall–Kier alpha value is -2.51. The van der Waals surface area contributed by atoms with Crippen molar-refractivity contribution in [2.45, 2.75) is 51.5 Å². The van der Waals surface area contributed by atoms with Gasteiger partial charge in [0.1, 0.15) is 11.5 Å². The SMILES string of the molecule is COc1ccc(C(CNC(=O)CCC(=O)CCC(=O)c2ccc(C)s2)N2CCCC2)cc1. The van der Waals surface area contributed by atoms with E-state index in [4.69, 9.17) is 4.74 Å². The smallest absolute Gasteiger partial charge is 0.220 e. The third-order valence-electron chi connectivity index (χ3n) is 5.85. The number of nitrogens with one attached hydrogen (secondary N) is 1. The Labute approximate surface area is 194 Å². The van der Waals surface area contributed by atoms with E-state index in [2.05, 4.69) is 10.2 Å². The molecule has 1 N–H and O–H groups in total. The number of carbonyl (C=O) groups excluding carboxylic acids is 3. The van der Waals surface area contributed by atoms with Crippen LogP contribution >= 0.6 is 11.3 Å². The minimum atomic E-state index is -0.128. The number of ketones is 2. The molecule has 0 aliphatic carbocycles. The quantitative estimate of drug-likeness (QED) is 0.481. The van der Waals surface area contributed by atoms with Crippen LogP contribution < -0.4 is 10.1 Å². The van der Waals surface area contributed by atoms with Crippen LogP contribution in [0.25, 0.3) is 0 Å². The first kappa shape index (κ1) is 24.1. The van der Waals surface area contributed by atoms with Crippen LogP contribution in [0.2, 0.25) is 0 Å². The molecule has 1 fully saturated rings. The van der Waals surface area contributed by atoms with E-state index in [0.717, 1.165) is 29.3 Å². The van der Waals surface area contributed by atoms with E-state index in [0.29, 0.717) is 11.4 Å². The molecule has 0 bridgehead atoms. The van der Waals surface area contributed by atoms with Crippen LogP contribution in [0.4, 0.5) is 0 Å². The number of amides is 1. The molecule has 1 saturated heterocycles. The van der Waals surface area contributed by atoms with Gasteiger partial charge in [-0.1, -0.05) is 12.1 Å². The van der Waals surface area contributed by atoms with Crippen molar-refractivity contribution in [3.05, 3.63) is 51.7 Å². The van der Waals surface area contributed by atoms with E-state index in [-0.39, 0.29) is 49.2 Å². The van der Waals surface area contributed by atoms with Gasteiger partial charge >= 0.3 is 0 Å². The molecule has 1 atom stereocenters. The van der Waals surface area contributed by atoms with Crippen molar-refractivity contribution in [3.8, 4) is 5.75 Å². The van der Waals surface area contributed by atoms with E-state index < -0.39 is 0 Å². The molecule has 1 unspecified atom stereocenters. The molecule has 1 amide bonds. The molecule has 0 radical (unpaired) electrons. The standard InChI is InChI=1S/C25H32N2O4S/c1-18-5-13-24(32-18)23(29)12-8-20(28)9-14-25(30)26-17-22(27-15-3-4-16-27)19-6-10-21(31-2)11-7-19/h5-7,10-11,13,22H,3-4,8-9,12,14-17H2,1-2H3,(H,26,30). The Morgan fingerprint density at radius 3 is 2.31 bits per heavy atom. The van der Waals surface area contributed by atoms with Crippen molar-refractivity contribution in [2.75, 3.05) is 26.7 Å². The molecular formula is C25H32N2O4S. The van der Waals surface area contributed by atoms with Gasteiger partial charge in [0.2, 0.25) is 5.91 Å². The zero-order chi connectivity index (χ0) is 22.9. The number of ether oxygens (including phenoxy) is 1. The van der Waals surface area contributed by atoms with Gasteiger partial charge in [0, 0.05) is 37.1 Å². The molecule has 32 heavy (non-hydrogen) atoms. The minimum Gasteiger partial charge on any atom is -0.497 e. The Balaban J connectivity index is 1.44. The number of methoxy groups -OCH3 is 1. The van der Waals surface area contributed by atoms with Gasteiger partial charge in [0.05, 0.1) is 18.0 Å². The maximum atomic E-state index is 12.4. The fraction of sp³-hybridized carbons (Fsp3) is 0.480. The van der Waals surface area contributed by atoms with Crippen LogP contribution in [-0.2, 0) is 9.59 Å². The first-order valence-corrected chi connectivity index (χ1v) is 12.0. The van der Waals surface area contributed by atoms with Gasteiger partial charge in [-0.05, 0) is 62.7 Å². The van der Waals surface area contributed by atoms with E-state index in [1.807, 2.05) is 37.3 Å². The van der Waals surface area contributed by atoms with Gasteiger partial charge in [-0.15, -0.1) is 11.3 Å². The first-order valence-electron chi connectivity index (χ1n) is 11.2. The number of carbonyl (C=O) groups is 3. The van der Waals surface area contributed by atoms with E-state index in [1.165, 1.54) is 24.2 Å². The summed E-state index contributed by atoms with van der Waals surface area (Å²) in [6, 6.07) is 11.8. The van der Waals surface area contributed by atoms with Crippen molar-refractivity contribution in [1.29, 1.82) is 0 Å².